The molecule has 0 atom stereocenters. The number of pyridine rings is 1. The summed E-state index contributed by atoms with van der Waals surface area (Å²) in [6.07, 6.45) is 6.12. The first-order valence-electron chi connectivity index (χ1n) is 8.58. The van der Waals surface area contributed by atoms with E-state index in [9.17, 15) is 14.4 Å². The van der Waals surface area contributed by atoms with Crippen molar-refractivity contribution >= 4 is 27.9 Å². The van der Waals surface area contributed by atoms with Crippen molar-refractivity contribution in [2.24, 2.45) is 7.05 Å². The summed E-state index contributed by atoms with van der Waals surface area (Å²) in [6, 6.07) is 1.17. The van der Waals surface area contributed by atoms with Gasteiger partial charge < -0.3 is 14.6 Å². The number of imide groups is 1. The molecule has 1 saturated heterocycles. The third-order valence-corrected chi connectivity index (χ3v) is 5.99. The fraction of sp³-hybridized carbons (Fsp3) is 0.588. The third kappa shape index (κ3) is 2.86. The largest absolute Gasteiger partial charge is 0.489 e. The molecule has 0 radical (unpaired) electrons. The third-order valence-electron chi connectivity index (χ3n) is 5.39. The number of hydrogen-bond acceptors (Lipinski definition) is 4. The molecular weight excluding hydrogens is 390 g/mol. The topological polar surface area (TPSA) is 80.6 Å². The molecule has 1 aliphatic heterocycles. The minimum Gasteiger partial charge on any atom is -0.489 e. The van der Waals surface area contributed by atoms with Crippen LogP contribution in [0.15, 0.2) is 21.5 Å². The number of carbonyl (C=O) groups excluding carboxylic acids is 2. The van der Waals surface area contributed by atoms with Crippen LogP contribution in [0.1, 0.15) is 38.5 Å². The number of aromatic nitrogens is 1. The van der Waals surface area contributed by atoms with E-state index in [1.165, 1.54) is 15.5 Å². The van der Waals surface area contributed by atoms with Gasteiger partial charge in [0, 0.05) is 25.4 Å². The number of aryl methyl sites for hydroxylation is 1. The molecule has 3 amide bonds. The van der Waals surface area contributed by atoms with Crippen LogP contribution in [0.25, 0.3) is 0 Å². The van der Waals surface area contributed by atoms with Gasteiger partial charge in [0.2, 0.25) is 0 Å². The van der Waals surface area contributed by atoms with Gasteiger partial charge in [-0.3, -0.25) is 14.5 Å². The van der Waals surface area contributed by atoms with Gasteiger partial charge in [0.15, 0.2) is 0 Å². The highest BCUT2D eigenvalue weighted by atomic mass is 79.9. The first-order valence-corrected chi connectivity index (χ1v) is 9.37. The molecule has 0 bridgehead atoms. The lowest BCUT2D eigenvalue weighted by molar-refractivity contribution is -0.130. The highest BCUT2D eigenvalue weighted by Gasteiger charge is 2.60. The molecule has 8 heteroatoms. The van der Waals surface area contributed by atoms with Gasteiger partial charge in [0.05, 0.1) is 10.6 Å². The van der Waals surface area contributed by atoms with Crippen molar-refractivity contribution in [3.05, 3.63) is 27.1 Å². The Labute approximate surface area is 153 Å². The molecule has 2 aliphatic carbocycles. The van der Waals surface area contributed by atoms with E-state index in [0.717, 1.165) is 43.0 Å². The summed E-state index contributed by atoms with van der Waals surface area (Å²) in [4.78, 5) is 37.8. The van der Waals surface area contributed by atoms with Gasteiger partial charge in [0.25, 0.3) is 11.5 Å². The number of rotatable bonds is 3. The van der Waals surface area contributed by atoms with E-state index < -0.39 is 5.54 Å². The first-order chi connectivity index (χ1) is 11.9. The van der Waals surface area contributed by atoms with Crippen LogP contribution in [0.5, 0.6) is 5.75 Å². The van der Waals surface area contributed by atoms with E-state index in [4.69, 9.17) is 4.74 Å². The monoisotopic (exact) mass is 409 g/mol. The van der Waals surface area contributed by atoms with Crippen LogP contribution in [0.3, 0.4) is 0 Å². The van der Waals surface area contributed by atoms with Crippen LogP contribution >= 0.6 is 15.9 Å². The van der Waals surface area contributed by atoms with Crippen molar-refractivity contribution in [3.63, 3.8) is 0 Å². The Bertz CT molecular complexity index is 794. The number of ether oxygens (including phenoxy) is 1. The Morgan fingerprint density at radius 2 is 1.88 bits per heavy atom. The molecule has 3 fully saturated rings. The molecule has 3 aliphatic rings. The quantitative estimate of drug-likeness (QED) is 0.773. The maximum atomic E-state index is 12.5. The summed E-state index contributed by atoms with van der Waals surface area (Å²) in [5.41, 5.74) is -0.708. The number of nitrogens with zero attached hydrogens (tertiary/aromatic N) is 2. The van der Waals surface area contributed by atoms with Crippen LogP contribution < -0.4 is 15.6 Å². The molecule has 0 aromatic carbocycles. The molecule has 4 rings (SSSR count). The van der Waals surface area contributed by atoms with Crippen LogP contribution in [0.4, 0.5) is 4.79 Å². The highest BCUT2D eigenvalue weighted by molar-refractivity contribution is 9.10. The smallest absolute Gasteiger partial charge is 0.325 e. The van der Waals surface area contributed by atoms with Gasteiger partial charge in [0.1, 0.15) is 11.3 Å². The molecule has 1 aromatic rings. The second-order valence-corrected chi connectivity index (χ2v) is 8.02. The number of nitrogens with one attached hydrogen (secondary N) is 1. The fourth-order valence-corrected chi connectivity index (χ4v) is 4.22. The number of urea groups is 1. The molecule has 25 heavy (non-hydrogen) atoms. The van der Waals surface area contributed by atoms with Crippen LogP contribution in [-0.2, 0) is 11.8 Å². The Hall–Kier alpha value is -1.83. The highest BCUT2D eigenvalue weighted by Crippen LogP contribution is 2.43. The summed E-state index contributed by atoms with van der Waals surface area (Å²) in [6.45, 7) is 0. The molecule has 2 saturated carbocycles. The van der Waals surface area contributed by atoms with Gasteiger partial charge in [-0.15, -0.1) is 0 Å². The number of halogens is 1. The van der Waals surface area contributed by atoms with E-state index in [1.807, 2.05) is 0 Å². The molecule has 134 valence electrons. The van der Waals surface area contributed by atoms with E-state index in [-0.39, 0.29) is 29.6 Å². The molecule has 2 heterocycles. The van der Waals surface area contributed by atoms with Crippen molar-refractivity contribution in [3.8, 4) is 5.75 Å². The first kappa shape index (κ1) is 16.6. The lowest BCUT2D eigenvalue weighted by Crippen LogP contribution is -2.44. The lowest BCUT2D eigenvalue weighted by atomic mass is 9.91. The second-order valence-electron chi connectivity index (χ2n) is 7.17. The summed E-state index contributed by atoms with van der Waals surface area (Å²) in [5.74, 6) is 0.481. The van der Waals surface area contributed by atoms with Crippen LogP contribution in [-0.4, -0.2) is 39.1 Å². The van der Waals surface area contributed by atoms with Crippen LogP contribution in [0.2, 0.25) is 0 Å². The lowest BCUT2D eigenvalue weighted by Gasteiger charge is -2.33. The zero-order valence-electron chi connectivity index (χ0n) is 14.0. The normalized spacial score (nSPS) is 27.5. The maximum absolute atomic E-state index is 12.5. The summed E-state index contributed by atoms with van der Waals surface area (Å²) < 4.78 is 8.20. The predicted octanol–water partition coefficient (Wildman–Crippen LogP) is 1.92. The minimum absolute atomic E-state index is 0.0182. The summed E-state index contributed by atoms with van der Waals surface area (Å²) in [5, 5.41) is 2.83. The molecule has 1 N–H and O–H groups in total. The zero-order chi connectivity index (χ0) is 17.8. The Morgan fingerprint density at radius 3 is 2.48 bits per heavy atom. The molecule has 1 aromatic heterocycles. The van der Waals surface area contributed by atoms with Crippen molar-refractivity contribution < 1.29 is 14.3 Å². The van der Waals surface area contributed by atoms with Crippen molar-refractivity contribution in [1.82, 2.24) is 14.8 Å². The number of carbonyl (C=O) groups is 2. The van der Waals surface area contributed by atoms with Gasteiger partial charge in [-0.2, -0.15) is 0 Å². The van der Waals surface area contributed by atoms with E-state index in [2.05, 4.69) is 21.2 Å². The minimum atomic E-state index is -0.584. The van der Waals surface area contributed by atoms with E-state index >= 15 is 0 Å². The number of amides is 3. The SMILES string of the molecule is Cn1cc(Br)c(O[C@H]2CC[C@H](N3C(=O)NC4(CC4)C3=O)CC2)cc1=O. The standard InChI is InChI=1S/C17H20BrN3O4/c1-20-9-12(18)13(8-14(20)22)25-11-4-2-10(3-5-11)21-15(23)17(6-7-17)19-16(21)24/h8-11H,2-7H2,1H3,(H,19,24)/t10-,11-. The summed E-state index contributed by atoms with van der Waals surface area (Å²) >= 11 is 3.42. The number of hydrogen-bond donors (Lipinski definition) is 1. The Balaban J connectivity index is 1.39. The molecular formula is C17H20BrN3O4. The van der Waals surface area contributed by atoms with Gasteiger partial charge in [-0.1, -0.05) is 0 Å². The van der Waals surface area contributed by atoms with Crippen molar-refractivity contribution in [2.45, 2.75) is 56.2 Å². The van der Waals surface area contributed by atoms with Gasteiger partial charge in [-0.05, 0) is 54.5 Å². The second kappa shape index (κ2) is 5.86. The van der Waals surface area contributed by atoms with Gasteiger partial charge >= 0.3 is 6.03 Å². The van der Waals surface area contributed by atoms with Crippen molar-refractivity contribution in [2.75, 3.05) is 0 Å². The Morgan fingerprint density at radius 1 is 1.20 bits per heavy atom. The van der Waals surface area contributed by atoms with Crippen LogP contribution in [0, 0.1) is 0 Å². The fourth-order valence-electron chi connectivity index (χ4n) is 3.71. The van der Waals surface area contributed by atoms with E-state index in [0.29, 0.717) is 5.75 Å². The maximum Gasteiger partial charge on any atom is 0.325 e. The molecule has 0 unspecified atom stereocenters. The summed E-state index contributed by atoms with van der Waals surface area (Å²) in [7, 11) is 1.69. The molecule has 1 spiro atoms. The average molecular weight is 410 g/mol. The average Bonchev–Trinajstić information content (AvgIpc) is 3.30. The molecule has 7 nitrogen and oxygen atoms in total. The predicted molar refractivity (Wildman–Crippen MR) is 93.4 cm³/mol. The van der Waals surface area contributed by atoms with E-state index in [1.54, 1.807) is 13.2 Å². The zero-order valence-corrected chi connectivity index (χ0v) is 15.5. The Kier molecular flexibility index (Phi) is 3.90. The van der Waals surface area contributed by atoms with Crippen molar-refractivity contribution in [1.29, 1.82) is 0 Å². The van der Waals surface area contributed by atoms with Gasteiger partial charge in [-0.25, -0.2) is 4.79 Å².